The van der Waals surface area contributed by atoms with Crippen LogP contribution in [0.15, 0.2) is 12.2 Å². The molecule has 0 spiro atoms. The lowest BCUT2D eigenvalue weighted by Crippen LogP contribution is -2.64. The zero-order chi connectivity index (χ0) is 36.3. The molecule has 1 aliphatic rings. The summed E-state index contributed by atoms with van der Waals surface area (Å²) in [5.74, 6) is -0.488. The number of hydrogen-bond donors (Lipinski definition) is 6. The number of rotatable bonds is 31. The van der Waals surface area contributed by atoms with E-state index in [1.807, 2.05) is 0 Å². The molecule has 0 amide bonds. The molecule has 290 valence electrons. The van der Waals surface area contributed by atoms with E-state index in [4.69, 9.17) is 18.5 Å². The molecule has 0 radical (unpaired) electrons. The molecular weight excluding hydrogens is 655 g/mol. The van der Waals surface area contributed by atoms with Crippen molar-refractivity contribution in [1.29, 1.82) is 0 Å². The SMILES string of the molecule is CCCCCCC/C=C\CCCCCCCC(=O)OC(COCCCCCCCCCC)COP(=O)(O)OC1C(O)C(O)C(O)C(O)C1O. The topological polar surface area (TPSA) is 192 Å². The van der Waals surface area contributed by atoms with Gasteiger partial charge in [0.05, 0.1) is 13.2 Å². The maximum Gasteiger partial charge on any atom is 0.472 e. The first-order valence-electron chi connectivity index (χ1n) is 19.0. The predicted octanol–water partition coefficient (Wildman–Crippen LogP) is 6.02. The van der Waals surface area contributed by atoms with Gasteiger partial charge in [-0.3, -0.25) is 13.8 Å². The van der Waals surface area contributed by atoms with Crippen molar-refractivity contribution in [3.8, 4) is 0 Å². The highest BCUT2D eigenvalue weighted by molar-refractivity contribution is 7.47. The second kappa shape index (κ2) is 28.6. The highest BCUT2D eigenvalue weighted by atomic mass is 31.2. The molecule has 1 fully saturated rings. The molecule has 1 saturated carbocycles. The molecule has 0 saturated heterocycles. The lowest BCUT2D eigenvalue weighted by atomic mass is 9.85. The van der Waals surface area contributed by atoms with Crippen molar-refractivity contribution in [3.05, 3.63) is 12.2 Å². The smallest absolute Gasteiger partial charge is 0.457 e. The van der Waals surface area contributed by atoms with Gasteiger partial charge in [-0.25, -0.2) is 4.57 Å². The molecule has 13 heteroatoms. The van der Waals surface area contributed by atoms with Crippen LogP contribution in [0.5, 0.6) is 0 Å². The van der Waals surface area contributed by atoms with Gasteiger partial charge >= 0.3 is 13.8 Å². The first-order valence-corrected chi connectivity index (χ1v) is 20.5. The molecule has 0 aliphatic heterocycles. The average molecular weight is 725 g/mol. The first kappa shape index (κ1) is 46.1. The fourth-order valence-electron chi connectivity index (χ4n) is 5.76. The van der Waals surface area contributed by atoms with E-state index in [1.165, 1.54) is 64.2 Å². The third kappa shape index (κ3) is 21.9. The van der Waals surface area contributed by atoms with E-state index >= 15 is 0 Å². The Hall–Kier alpha value is -0.920. The Balaban J connectivity index is 2.47. The summed E-state index contributed by atoms with van der Waals surface area (Å²) in [5, 5.41) is 49.8. The van der Waals surface area contributed by atoms with Crippen molar-refractivity contribution in [2.75, 3.05) is 19.8 Å². The fourth-order valence-corrected chi connectivity index (χ4v) is 6.73. The molecule has 1 aliphatic carbocycles. The Morgan fingerprint density at radius 3 is 1.61 bits per heavy atom. The standard InChI is InChI=1S/C36H69O12P/c1-3-5-7-9-11-13-14-15-16-17-18-19-21-23-25-30(37)47-29(27-45-26-24-22-20-12-10-8-6-4-2)28-46-49(43,44)48-36-34(41)32(39)31(38)33(40)35(36)42/h14-15,29,31-36,38-42H,3-13,16-28H2,1-2H3,(H,43,44)/b15-14-. The highest BCUT2D eigenvalue weighted by Crippen LogP contribution is 2.47. The van der Waals surface area contributed by atoms with E-state index < -0.39 is 63.1 Å². The number of carbonyl (C=O) groups excluding carboxylic acids is 1. The molecular formula is C36H69O12P. The number of aliphatic hydroxyl groups excluding tert-OH is 5. The predicted molar refractivity (Wildman–Crippen MR) is 189 cm³/mol. The molecule has 6 unspecified atom stereocenters. The monoisotopic (exact) mass is 724 g/mol. The van der Waals surface area contributed by atoms with Crippen LogP contribution in [0.3, 0.4) is 0 Å². The summed E-state index contributed by atoms with van der Waals surface area (Å²) in [4.78, 5) is 22.9. The average Bonchev–Trinajstić information content (AvgIpc) is 3.08. The molecule has 0 aromatic rings. The number of phosphoric ester groups is 1. The van der Waals surface area contributed by atoms with Crippen LogP contribution in [-0.4, -0.2) is 98.9 Å². The minimum atomic E-state index is -5.00. The van der Waals surface area contributed by atoms with Gasteiger partial charge in [-0.05, 0) is 38.5 Å². The van der Waals surface area contributed by atoms with Crippen LogP contribution in [0.4, 0.5) is 0 Å². The summed E-state index contributed by atoms with van der Waals surface area (Å²) in [6.07, 6.45) is 14.5. The summed E-state index contributed by atoms with van der Waals surface area (Å²) in [7, 11) is -5.00. The fraction of sp³-hybridized carbons (Fsp3) is 0.917. The van der Waals surface area contributed by atoms with Crippen LogP contribution >= 0.6 is 7.82 Å². The third-order valence-corrected chi connectivity index (χ3v) is 9.87. The highest BCUT2D eigenvalue weighted by Gasteiger charge is 2.51. The number of ether oxygens (including phenoxy) is 2. The van der Waals surface area contributed by atoms with E-state index in [1.54, 1.807) is 0 Å². The Kier molecular flexibility index (Phi) is 26.9. The zero-order valence-electron chi connectivity index (χ0n) is 30.2. The first-order chi connectivity index (χ1) is 23.5. The number of allylic oxidation sites excluding steroid dienone is 2. The van der Waals surface area contributed by atoms with Gasteiger partial charge in [-0.2, -0.15) is 0 Å². The van der Waals surface area contributed by atoms with Gasteiger partial charge in [-0.1, -0.05) is 116 Å². The second-order valence-electron chi connectivity index (χ2n) is 13.4. The summed E-state index contributed by atoms with van der Waals surface area (Å²) in [6, 6.07) is 0. The van der Waals surface area contributed by atoms with Crippen LogP contribution < -0.4 is 0 Å². The Bertz CT molecular complexity index is 874. The van der Waals surface area contributed by atoms with Crippen LogP contribution in [0.2, 0.25) is 0 Å². The van der Waals surface area contributed by atoms with Crippen molar-refractivity contribution in [3.63, 3.8) is 0 Å². The Morgan fingerprint density at radius 1 is 0.633 bits per heavy atom. The molecule has 6 atom stereocenters. The third-order valence-electron chi connectivity index (χ3n) is 8.89. The van der Waals surface area contributed by atoms with Gasteiger partial charge < -0.3 is 39.9 Å². The van der Waals surface area contributed by atoms with Crippen LogP contribution in [0.25, 0.3) is 0 Å². The quantitative estimate of drug-likeness (QED) is 0.0211. The molecule has 0 bridgehead atoms. The Labute approximate surface area is 295 Å². The lowest BCUT2D eigenvalue weighted by Gasteiger charge is -2.41. The van der Waals surface area contributed by atoms with Crippen molar-refractivity contribution < 1.29 is 58.3 Å². The van der Waals surface area contributed by atoms with Crippen LogP contribution in [-0.2, 0) is 27.9 Å². The van der Waals surface area contributed by atoms with Crippen molar-refractivity contribution >= 4 is 13.8 Å². The van der Waals surface area contributed by atoms with Gasteiger partial charge in [0, 0.05) is 13.0 Å². The number of carbonyl (C=O) groups is 1. The number of esters is 1. The van der Waals surface area contributed by atoms with Crippen molar-refractivity contribution in [1.82, 2.24) is 0 Å². The lowest BCUT2D eigenvalue weighted by molar-refractivity contribution is -0.220. The molecule has 0 heterocycles. The Morgan fingerprint density at radius 2 is 1.08 bits per heavy atom. The van der Waals surface area contributed by atoms with Crippen LogP contribution in [0.1, 0.15) is 149 Å². The van der Waals surface area contributed by atoms with E-state index in [2.05, 4.69) is 26.0 Å². The minimum absolute atomic E-state index is 0.0766. The largest absolute Gasteiger partial charge is 0.472 e. The molecule has 49 heavy (non-hydrogen) atoms. The maximum absolute atomic E-state index is 12.7. The van der Waals surface area contributed by atoms with Crippen molar-refractivity contribution in [2.45, 2.75) is 191 Å². The molecule has 0 aromatic carbocycles. The molecule has 1 rings (SSSR count). The number of phosphoric acid groups is 1. The zero-order valence-corrected chi connectivity index (χ0v) is 31.1. The second-order valence-corrected chi connectivity index (χ2v) is 14.8. The number of hydrogen-bond acceptors (Lipinski definition) is 11. The summed E-state index contributed by atoms with van der Waals surface area (Å²) in [5.41, 5.74) is 0. The van der Waals surface area contributed by atoms with Gasteiger partial charge in [0.15, 0.2) is 0 Å². The van der Waals surface area contributed by atoms with E-state index in [9.17, 15) is 39.8 Å². The minimum Gasteiger partial charge on any atom is -0.457 e. The van der Waals surface area contributed by atoms with Crippen LogP contribution in [0, 0.1) is 0 Å². The van der Waals surface area contributed by atoms with Gasteiger partial charge in [0.1, 0.15) is 42.7 Å². The summed E-state index contributed by atoms with van der Waals surface area (Å²) < 4.78 is 33.8. The van der Waals surface area contributed by atoms with E-state index in [0.717, 1.165) is 57.8 Å². The summed E-state index contributed by atoms with van der Waals surface area (Å²) in [6.45, 7) is 4.18. The normalized spacial score (nSPS) is 24.7. The van der Waals surface area contributed by atoms with Crippen molar-refractivity contribution in [2.24, 2.45) is 0 Å². The molecule has 0 aromatic heterocycles. The number of aliphatic hydroxyl groups is 5. The van der Waals surface area contributed by atoms with Gasteiger partial charge in [0.25, 0.3) is 0 Å². The molecule has 6 N–H and O–H groups in total. The number of unbranched alkanes of at least 4 members (excludes halogenated alkanes) is 17. The van der Waals surface area contributed by atoms with Gasteiger partial charge in [-0.15, -0.1) is 0 Å². The summed E-state index contributed by atoms with van der Waals surface area (Å²) >= 11 is 0. The van der Waals surface area contributed by atoms with E-state index in [0.29, 0.717) is 13.0 Å². The molecule has 12 nitrogen and oxygen atoms in total. The van der Waals surface area contributed by atoms with E-state index in [-0.39, 0.29) is 13.0 Å². The maximum atomic E-state index is 12.7. The van der Waals surface area contributed by atoms with Gasteiger partial charge in [0.2, 0.25) is 0 Å².